The van der Waals surface area contributed by atoms with Gasteiger partial charge in [0.05, 0.1) is 10.6 Å². The molecule has 0 bridgehead atoms. The third kappa shape index (κ3) is 4.90. The average Bonchev–Trinajstić information content (AvgIpc) is 3.28. The first-order chi connectivity index (χ1) is 13.9. The lowest BCUT2D eigenvalue weighted by atomic mass is 10.2. The van der Waals surface area contributed by atoms with E-state index in [0.29, 0.717) is 18.7 Å². The zero-order chi connectivity index (χ0) is 20.9. The maximum Gasteiger partial charge on any atom is 0.253 e. The Labute approximate surface area is 171 Å². The van der Waals surface area contributed by atoms with Gasteiger partial charge in [-0.2, -0.15) is 5.10 Å². The van der Waals surface area contributed by atoms with E-state index in [2.05, 4.69) is 9.82 Å². The third-order valence-corrected chi connectivity index (χ3v) is 6.03. The summed E-state index contributed by atoms with van der Waals surface area (Å²) in [6.45, 7) is 5.18. The highest BCUT2D eigenvalue weighted by atomic mass is 32.2. The number of benzene rings is 2. The van der Waals surface area contributed by atoms with Crippen molar-refractivity contribution >= 4 is 15.9 Å². The Bertz CT molecular complexity index is 1060. The quantitative estimate of drug-likeness (QED) is 0.617. The molecule has 0 spiro atoms. The number of carbonyl (C=O) groups is 1. The summed E-state index contributed by atoms with van der Waals surface area (Å²) >= 11 is 0. The number of nitrogens with zero attached hydrogens (tertiary/aromatic N) is 3. The summed E-state index contributed by atoms with van der Waals surface area (Å²) in [5, 5.41) is 4.18. The molecule has 0 aliphatic carbocycles. The minimum Gasteiger partial charge on any atom is -0.339 e. The Morgan fingerprint density at radius 3 is 2.41 bits per heavy atom. The van der Waals surface area contributed by atoms with Crippen molar-refractivity contribution in [2.24, 2.45) is 0 Å². The van der Waals surface area contributed by atoms with Gasteiger partial charge in [0.25, 0.3) is 5.91 Å². The molecule has 3 rings (SSSR count). The minimum absolute atomic E-state index is 0.109. The fourth-order valence-corrected chi connectivity index (χ4v) is 3.98. The molecule has 7 nitrogen and oxygen atoms in total. The van der Waals surface area contributed by atoms with E-state index in [0.717, 1.165) is 11.3 Å². The van der Waals surface area contributed by atoms with E-state index in [4.69, 9.17) is 0 Å². The second-order valence-corrected chi connectivity index (χ2v) is 8.21. The molecule has 0 saturated heterocycles. The predicted molar refractivity (Wildman–Crippen MR) is 111 cm³/mol. The van der Waals surface area contributed by atoms with Crippen molar-refractivity contribution in [3.63, 3.8) is 0 Å². The Kier molecular flexibility index (Phi) is 6.46. The number of aromatic nitrogens is 2. The van der Waals surface area contributed by atoms with Crippen molar-refractivity contribution in [2.75, 3.05) is 13.1 Å². The van der Waals surface area contributed by atoms with Gasteiger partial charge in [0.15, 0.2) is 0 Å². The highest BCUT2D eigenvalue weighted by Gasteiger charge is 2.17. The SMILES string of the molecule is CCN(CC)C(=O)c1ccc(S(=O)(=O)NCc2cccc(-n3cccn3)c2)cc1. The van der Waals surface area contributed by atoms with Gasteiger partial charge in [-0.05, 0) is 61.9 Å². The number of nitrogens with one attached hydrogen (secondary N) is 1. The molecule has 0 atom stereocenters. The van der Waals surface area contributed by atoms with Crippen LogP contribution >= 0.6 is 0 Å². The van der Waals surface area contributed by atoms with E-state index >= 15 is 0 Å². The maximum absolute atomic E-state index is 12.6. The zero-order valence-electron chi connectivity index (χ0n) is 16.4. The van der Waals surface area contributed by atoms with E-state index in [1.165, 1.54) is 12.1 Å². The Morgan fingerprint density at radius 2 is 1.79 bits per heavy atom. The van der Waals surface area contributed by atoms with Crippen molar-refractivity contribution in [3.05, 3.63) is 78.1 Å². The predicted octanol–water partition coefficient (Wildman–Crippen LogP) is 2.83. The first-order valence-electron chi connectivity index (χ1n) is 9.42. The van der Waals surface area contributed by atoms with Gasteiger partial charge in [-0.25, -0.2) is 17.8 Å². The number of amides is 1. The monoisotopic (exact) mass is 412 g/mol. The van der Waals surface area contributed by atoms with Crippen molar-refractivity contribution in [3.8, 4) is 5.69 Å². The largest absolute Gasteiger partial charge is 0.339 e. The van der Waals surface area contributed by atoms with Gasteiger partial charge in [-0.3, -0.25) is 4.79 Å². The molecule has 0 saturated carbocycles. The number of hydrogen-bond donors (Lipinski definition) is 1. The van der Waals surface area contributed by atoms with Gasteiger partial charge in [0, 0.05) is 37.6 Å². The second-order valence-electron chi connectivity index (χ2n) is 6.45. The molecule has 0 fully saturated rings. The molecule has 1 aromatic heterocycles. The van der Waals surface area contributed by atoms with Crippen LogP contribution in [0.15, 0.2) is 71.9 Å². The fraction of sp³-hybridized carbons (Fsp3) is 0.238. The second kappa shape index (κ2) is 9.02. The standard InChI is InChI=1S/C21H24N4O3S/c1-3-24(4-2)21(26)18-9-11-20(12-10-18)29(27,28)23-16-17-7-5-8-19(15-17)25-14-6-13-22-25/h5-15,23H,3-4,16H2,1-2H3. The van der Waals surface area contributed by atoms with Gasteiger partial charge in [-0.1, -0.05) is 12.1 Å². The lowest BCUT2D eigenvalue weighted by Gasteiger charge is -2.18. The van der Waals surface area contributed by atoms with Gasteiger partial charge in [0.2, 0.25) is 10.0 Å². The summed E-state index contributed by atoms with van der Waals surface area (Å²) < 4.78 is 29.6. The molecule has 8 heteroatoms. The highest BCUT2D eigenvalue weighted by Crippen LogP contribution is 2.14. The number of hydrogen-bond acceptors (Lipinski definition) is 4. The molecular weight excluding hydrogens is 388 g/mol. The summed E-state index contributed by atoms with van der Waals surface area (Å²) in [4.78, 5) is 14.2. The minimum atomic E-state index is -3.70. The Morgan fingerprint density at radius 1 is 1.07 bits per heavy atom. The van der Waals surface area contributed by atoms with Gasteiger partial charge in [-0.15, -0.1) is 0 Å². The lowest BCUT2D eigenvalue weighted by Crippen LogP contribution is -2.30. The molecule has 1 N–H and O–H groups in total. The topological polar surface area (TPSA) is 84.3 Å². The molecule has 0 aliphatic heterocycles. The van der Waals surface area contributed by atoms with E-state index in [9.17, 15) is 13.2 Å². The van der Waals surface area contributed by atoms with E-state index in [1.54, 1.807) is 27.9 Å². The lowest BCUT2D eigenvalue weighted by molar-refractivity contribution is 0.0773. The van der Waals surface area contributed by atoms with Crippen LogP contribution in [0.2, 0.25) is 0 Å². The van der Waals surface area contributed by atoms with Crippen LogP contribution in [0.4, 0.5) is 0 Å². The van der Waals surface area contributed by atoms with Crippen LogP contribution in [0.25, 0.3) is 5.69 Å². The van der Waals surface area contributed by atoms with Crippen LogP contribution in [0.5, 0.6) is 0 Å². The molecule has 0 unspecified atom stereocenters. The molecule has 2 aromatic carbocycles. The van der Waals surface area contributed by atoms with Gasteiger partial charge in [0.1, 0.15) is 0 Å². The van der Waals surface area contributed by atoms with Crippen molar-refractivity contribution < 1.29 is 13.2 Å². The molecule has 1 amide bonds. The molecule has 0 aliphatic rings. The van der Waals surface area contributed by atoms with Crippen molar-refractivity contribution in [2.45, 2.75) is 25.3 Å². The first kappa shape index (κ1) is 20.8. The first-order valence-corrected chi connectivity index (χ1v) is 10.9. The third-order valence-electron chi connectivity index (χ3n) is 4.61. The van der Waals surface area contributed by atoms with Crippen LogP contribution in [-0.2, 0) is 16.6 Å². The maximum atomic E-state index is 12.6. The normalized spacial score (nSPS) is 11.4. The Hall–Kier alpha value is -2.97. The van der Waals surface area contributed by atoms with E-state index in [-0.39, 0.29) is 17.3 Å². The average molecular weight is 413 g/mol. The molecule has 3 aromatic rings. The molecular formula is C21H24N4O3S. The van der Waals surface area contributed by atoms with Crippen molar-refractivity contribution in [1.82, 2.24) is 19.4 Å². The molecule has 152 valence electrons. The summed E-state index contributed by atoms with van der Waals surface area (Å²) in [5.74, 6) is -0.109. The van der Waals surface area contributed by atoms with E-state index < -0.39 is 10.0 Å². The Balaban J connectivity index is 1.70. The molecule has 1 heterocycles. The summed E-state index contributed by atoms with van der Waals surface area (Å²) in [6, 6.07) is 15.3. The number of carbonyl (C=O) groups excluding carboxylic acids is 1. The fourth-order valence-electron chi connectivity index (χ4n) is 2.96. The smallest absolute Gasteiger partial charge is 0.253 e. The number of rotatable bonds is 8. The highest BCUT2D eigenvalue weighted by molar-refractivity contribution is 7.89. The van der Waals surface area contributed by atoms with Crippen LogP contribution < -0.4 is 4.72 Å². The summed E-state index contributed by atoms with van der Waals surface area (Å²) in [7, 11) is -3.70. The van der Waals surface area contributed by atoms with E-state index in [1.807, 2.05) is 50.4 Å². The van der Waals surface area contributed by atoms with Gasteiger partial charge < -0.3 is 4.90 Å². The van der Waals surface area contributed by atoms with Crippen LogP contribution in [0.3, 0.4) is 0 Å². The van der Waals surface area contributed by atoms with Crippen LogP contribution in [0, 0.1) is 0 Å². The van der Waals surface area contributed by atoms with Crippen molar-refractivity contribution in [1.29, 1.82) is 0 Å². The van der Waals surface area contributed by atoms with Crippen LogP contribution in [0.1, 0.15) is 29.8 Å². The van der Waals surface area contributed by atoms with Gasteiger partial charge >= 0.3 is 0 Å². The zero-order valence-corrected chi connectivity index (χ0v) is 17.3. The van der Waals surface area contributed by atoms with Crippen LogP contribution in [-0.4, -0.2) is 42.1 Å². The summed E-state index contributed by atoms with van der Waals surface area (Å²) in [5.41, 5.74) is 2.14. The molecule has 0 radical (unpaired) electrons. The molecule has 29 heavy (non-hydrogen) atoms. The number of sulfonamides is 1. The summed E-state index contributed by atoms with van der Waals surface area (Å²) in [6.07, 6.45) is 3.51.